The molecule has 2 N–H and O–H groups in total. The fourth-order valence-electron chi connectivity index (χ4n) is 1.73. The van der Waals surface area contributed by atoms with Crippen molar-refractivity contribution in [3.63, 3.8) is 0 Å². The zero-order valence-corrected chi connectivity index (χ0v) is 11.5. The van der Waals surface area contributed by atoms with Crippen LogP contribution in [0, 0.1) is 0 Å². The van der Waals surface area contributed by atoms with E-state index in [1.807, 2.05) is 24.3 Å². The third-order valence-electron chi connectivity index (χ3n) is 2.67. The highest BCUT2D eigenvalue weighted by Gasteiger charge is 2.13. The van der Waals surface area contributed by atoms with Crippen LogP contribution in [-0.2, 0) is 6.42 Å². The Bertz CT molecular complexity index is 481. The molecule has 90 valence electrons. The second-order valence-electron chi connectivity index (χ2n) is 3.91. The summed E-state index contributed by atoms with van der Waals surface area (Å²) in [5.74, 6) is 0. The lowest BCUT2D eigenvalue weighted by atomic mass is 10.0. The molecule has 0 fully saturated rings. The van der Waals surface area contributed by atoms with E-state index in [1.165, 1.54) is 16.9 Å². The molecule has 4 heteroatoms. The highest BCUT2D eigenvalue weighted by Crippen LogP contribution is 2.35. The van der Waals surface area contributed by atoms with Gasteiger partial charge in [-0.3, -0.25) is 0 Å². The Morgan fingerprint density at radius 1 is 1.18 bits per heavy atom. The molecule has 0 radical (unpaired) electrons. The first kappa shape index (κ1) is 12.9. The number of hydrogen-bond acceptors (Lipinski definition) is 2. The molecule has 2 rings (SSSR count). The zero-order valence-electron chi connectivity index (χ0n) is 9.20. The van der Waals surface area contributed by atoms with Crippen molar-refractivity contribution in [2.24, 2.45) is 5.73 Å². The number of thiophene rings is 1. The van der Waals surface area contributed by atoms with E-state index in [1.54, 1.807) is 0 Å². The lowest BCUT2D eigenvalue weighted by molar-refractivity contribution is 0.653. The Morgan fingerprint density at radius 3 is 2.47 bits per heavy atom. The summed E-state index contributed by atoms with van der Waals surface area (Å²) in [4.78, 5) is 0. The van der Waals surface area contributed by atoms with Crippen LogP contribution in [0.3, 0.4) is 0 Å². The maximum Gasteiger partial charge on any atom is 0.0991 e. The Morgan fingerprint density at radius 2 is 1.88 bits per heavy atom. The van der Waals surface area contributed by atoms with Crippen molar-refractivity contribution in [1.82, 2.24) is 0 Å². The van der Waals surface area contributed by atoms with Crippen LogP contribution in [0.4, 0.5) is 0 Å². The van der Waals surface area contributed by atoms with Crippen molar-refractivity contribution in [1.29, 1.82) is 0 Å². The molecule has 0 saturated heterocycles. The van der Waals surface area contributed by atoms with Crippen LogP contribution in [-0.4, -0.2) is 0 Å². The van der Waals surface area contributed by atoms with E-state index in [2.05, 4.69) is 12.1 Å². The van der Waals surface area contributed by atoms with Crippen molar-refractivity contribution >= 4 is 34.5 Å². The molecule has 1 unspecified atom stereocenters. The molecule has 1 nitrogen and oxygen atoms in total. The van der Waals surface area contributed by atoms with E-state index in [4.69, 9.17) is 28.9 Å². The van der Waals surface area contributed by atoms with Crippen LogP contribution in [0.15, 0.2) is 36.4 Å². The summed E-state index contributed by atoms with van der Waals surface area (Å²) in [5, 5.41) is 0. The molecule has 0 spiro atoms. The second kappa shape index (κ2) is 5.87. The monoisotopic (exact) mass is 285 g/mol. The van der Waals surface area contributed by atoms with Gasteiger partial charge in [0.05, 0.1) is 8.67 Å². The predicted molar refractivity (Wildman–Crippen MR) is 76.0 cm³/mol. The first-order chi connectivity index (χ1) is 8.16. The second-order valence-corrected chi connectivity index (χ2v) is 6.20. The van der Waals surface area contributed by atoms with Gasteiger partial charge in [0.1, 0.15) is 0 Å². The largest absolute Gasteiger partial charge is 0.324 e. The van der Waals surface area contributed by atoms with E-state index in [0.717, 1.165) is 18.4 Å². The molecule has 1 atom stereocenters. The van der Waals surface area contributed by atoms with Gasteiger partial charge in [0.25, 0.3) is 0 Å². The Balaban J connectivity index is 1.98. The van der Waals surface area contributed by atoms with E-state index in [9.17, 15) is 0 Å². The van der Waals surface area contributed by atoms with E-state index in [-0.39, 0.29) is 6.04 Å². The van der Waals surface area contributed by atoms with Crippen molar-refractivity contribution in [3.05, 3.63) is 56.2 Å². The maximum atomic E-state index is 6.12. The van der Waals surface area contributed by atoms with Gasteiger partial charge in [0, 0.05) is 6.04 Å². The number of nitrogens with two attached hydrogens (primary N) is 1. The summed E-state index contributed by atoms with van der Waals surface area (Å²) in [6.07, 6.45) is 1.82. The van der Waals surface area contributed by atoms with Crippen molar-refractivity contribution in [2.45, 2.75) is 18.9 Å². The van der Waals surface area contributed by atoms with Gasteiger partial charge in [-0.25, -0.2) is 0 Å². The predicted octanol–water partition coefficient (Wildman–Crippen LogP) is 4.69. The molecule has 17 heavy (non-hydrogen) atoms. The average Bonchev–Trinajstić information content (AvgIpc) is 2.67. The van der Waals surface area contributed by atoms with Crippen LogP contribution in [0.2, 0.25) is 8.67 Å². The lowest BCUT2D eigenvalue weighted by Gasteiger charge is -2.10. The Labute approximate surface area is 115 Å². The Hall–Kier alpha value is -0.540. The third kappa shape index (κ3) is 3.46. The van der Waals surface area contributed by atoms with Crippen molar-refractivity contribution in [3.8, 4) is 0 Å². The minimum atomic E-state index is -0.0496. The van der Waals surface area contributed by atoms with Crippen molar-refractivity contribution in [2.75, 3.05) is 0 Å². The topological polar surface area (TPSA) is 26.0 Å². The highest BCUT2D eigenvalue weighted by molar-refractivity contribution is 7.20. The van der Waals surface area contributed by atoms with Gasteiger partial charge in [-0.05, 0) is 30.0 Å². The summed E-state index contributed by atoms with van der Waals surface area (Å²) in [6.45, 7) is 0. The van der Waals surface area contributed by atoms with Gasteiger partial charge < -0.3 is 5.73 Å². The summed E-state index contributed by atoms with van der Waals surface area (Å²) in [6, 6.07) is 12.1. The minimum absolute atomic E-state index is 0.0496. The van der Waals surface area contributed by atoms with Gasteiger partial charge in [-0.1, -0.05) is 53.5 Å². The van der Waals surface area contributed by atoms with Crippen LogP contribution < -0.4 is 5.73 Å². The van der Waals surface area contributed by atoms with Gasteiger partial charge in [-0.15, -0.1) is 11.3 Å². The van der Waals surface area contributed by atoms with Crippen LogP contribution >= 0.6 is 34.5 Å². The highest BCUT2D eigenvalue weighted by atomic mass is 35.5. The molecule has 2 aromatic rings. The normalized spacial score (nSPS) is 12.6. The van der Waals surface area contributed by atoms with E-state index >= 15 is 0 Å². The molecule has 0 aliphatic carbocycles. The van der Waals surface area contributed by atoms with Crippen molar-refractivity contribution < 1.29 is 0 Å². The van der Waals surface area contributed by atoms with Gasteiger partial charge in [0.2, 0.25) is 0 Å². The Kier molecular flexibility index (Phi) is 4.46. The molecule has 0 bridgehead atoms. The summed E-state index contributed by atoms with van der Waals surface area (Å²) < 4.78 is 1.40. The first-order valence-corrected chi connectivity index (χ1v) is 6.98. The molecule has 1 aromatic carbocycles. The molecular weight excluding hydrogens is 273 g/mol. The molecule has 0 aliphatic heterocycles. The number of hydrogen-bond donors (Lipinski definition) is 1. The van der Waals surface area contributed by atoms with Crippen LogP contribution in [0.1, 0.15) is 23.6 Å². The minimum Gasteiger partial charge on any atom is -0.324 e. The number of rotatable bonds is 4. The van der Waals surface area contributed by atoms with Gasteiger partial charge in [-0.2, -0.15) is 0 Å². The SMILES string of the molecule is NC(CCc1ccccc1)c1cc(Cl)sc1Cl. The average molecular weight is 286 g/mol. The van der Waals surface area contributed by atoms with Crippen LogP contribution in [0.5, 0.6) is 0 Å². The molecule has 1 heterocycles. The zero-order chi connectivity index (χ0) is 12.3. The fraction of sp³-hybridized carbons (Fsp3) is 0.231. The van der Waals surface area contributed by atoms with Crippen LogP contribution in [0.25, 0.3) is 0 Å². The lowest BCUT2D eigenvalue weighted by Crippen LogP contribution is -2.10. The van der Waals surface area contributed by atoms with E-state index < -0.39 is 0 Å². The third-order valence-corrected chi connectivity index (χ3v) is 4.19. The summed E-state index contributed by atoms with van der Waals surface area (Å²) in [5.41, 5.74) is 8.37. The van der Waals surface area contributed by atoms with Gasteiger partial charge in [0.15, 0.2) is 0 Å². The summed E-state index contributed by atoms with van der Waals surface area (Å²) >= 11 is 13.4. The number of aryl methyl sites for hydroxylation is 1. The fourth-order valence-corrected chi connectivity index (χ4v) is 3.32. The molecule has 0 amide bonds. The maximum absolute atomic E-state index is 6.12. The molecule has 0 saturated carbocycles. The summed E-state index contributed by atoms with van der Waals surface area (Å²) in [7, 11) is 0. The molecular formula is C13H13Cl2NS. The standard InChI is InChI=1S/C13H13Cl2NS/c14-12-8-10(13(15)17-12)11(16)7-6-9-4-2-1-3-5-9/h1-5,8,11H,6-7,16H2. The quantitative estimate of drug-likeness (QED) is 0.867. The van der Waals surface area contributed by atoms with Gasteiger partial charge >= 0.3 is 0 Å². The smallest absolute Gasteiger partial charge is 0.0991 e. The molecule has 1 aromatic heterocycles. The molecule has 0 aliphatic rings. The number of halogens is 2. The van der Waals surface area contributed by atoms with E-state index in [0.29, 0.717) is 8.67 Å². The first-order valence-electron chi connectivity index (χ1n) is 5.41. The number of benzene rings is 1.